The highest BCUT2D eigenvalue weighted by atomic mass is 16.3. The van der Waals surface area contributed by atoms with Crippen molar-refractivity contribution in [3.05, 3.63) is 54.8 Å². The van der Waals surface area contributed by atoms with Gasteiger partial charge in [0.15, 0.2) is 0 Å². The molecule has 1 aromatic heterocycles. The van der Waals surface area contributed by atoms with Gasteiger partial charge in [0.1, 0.15) is 17.7 Å². The van der Waals surface area contributed by atoms with Crippen molar-refractivity contribution < 1.29 is 9.52 Å². The maximum Gasteiger partial charge on any atom is 0.226 e. The van der Waals surface area contributed by atoms with Crippen LogP contribution in [-0.4, -0.2) is 10.1 Å². The lowest BCUT2D eigenvalue weighted by Crippen LogP contribution is -1.87. The van der Waals surface area contributed by atoms with Gasteiger partial charge >= 0.3 is 0 Å². The fraction of sp³-hybridized carbons (Fsp3) is 0. The lowest BCUT2D eigenvalue weighted by molar-refractivity contribution is 0.478. The summed E-state index contributed by atoms with van der Waals surface area (Å²) in [4.78, 5) is 4.42. The molecule has 0 saturated heterocycles. The molecule has 4 nitrogen and oxygen atoms in total. The molecular formula is C15H12N2O2. The number of nitrogens with two attached hydrogens (primary N) is 1. The minimum Gasteiger partial charge on any atom is -0.506 e. The number of nitrogen functional groups attached to an aromatic ring is 1. The molecule has 4 heteroatoms. The van der Waals surface area contributed by atoms with Crippen molar-refractivity contribution in [3.63, 3.8) is 0 Å². The van der Waals surface area contributed by atoms with Gasteiger partial charge < -0.3 is 15.3 Å². The predicted molar refractivity (Wildman–Crippen MR) is 73.5 cm³/mol. The first-order chi connectivity index (χ1) is 9.24. The van der Waals surface area contributed by atoms with Crippen molar-refractivity contribution in [3.8, 4) is 28.5 Å². The molecule has 0 aliphatic heterocycles. The number of aromatic nitrogens is 1. The number of benzene rings is 2. The van der Waals surface area contributed by atoms with E-state index in [1.54, 1.807) is 24.5 Å². The first kappa shape index (κ1) is 11.3. The second-order valence-corrected chi connectivity index (χ2v) is 4.18. The summed E-state index contributed by atoms with van der Waals surface area (Å²) in [6, 6.07) is 14.6. The number of hydrogen-bond donors (Lipinski definition) is 2. The summed E-state index contributed by atoms with van der Waals surface area (Å²) >= 11 is 0. The minimum absolute atomic E-state index is 0.0653. The smallest absolute Gasteiger partial charge is 0.226 e. The van der Waals surface area contributed by atoms with E-state index in [9.17, 15) is 5.11 Å². The molecule has 0 spiro atoms. The largest absolute Gasteiger partial charge is 0.506 e. The third kappa shape index (κ3) is 2.15. The van der Waals surface area contributed by atoms with E-state index in [0.717, 1.165) is 11.1 Å². The van der Waals surface area contributed by atoms with Crippen LogP contribution in [0.15, 0.2) is 59.2 Å². The van der Waals surface area contributed by atoms with Crippen molar-refractivity contribution in [1.29, 1.82) is 0 Å². The normalized spacial score (nSPS) is 10.5. The highest BCUT2D eigenvalue weighted by Gasteiger charge is 2.09. The molecule has 0 bridgehead atoms. The summed E-state index contributed by atoms with van der Waals surface area (Å²) in [5, 5.41) is 9.40. The Labute approximate surface area is 110 Å². The summed E-state index contributed by atoms with van der Waals surface area (Å²) in [5.41, 5.74) is 8.40. The van der Waals surface area contributed by atoms with Crippen LogP contribution in [0.1, 0.15) is 0 Å². The lowest BCUT2D eigenvalue weighted by Gasteiger charge is -2.00. The van der Waals surface area contributed by atoms with E-state index in [1.807, 2.05) is 30.3 Å². The highest BCUT2D eigenvalue weighted by Crippen LogP contribution is 2.29. The Morgan fingerprint density at radius 1 is 1.00 bits per heavy atom. The van der Waals surface area contributed by atoms with Crippen LogP contribution < -0.4 is 5.73 Å². The molecule has 3 N–H and O–H groups in total. The molecule has 19 heavy (non-hydrogen) atoms. The van der Waals surface area contributed by atoms with Crippen LogP contribution in [0.25, 0.3) is 22.7 Å². The molecule has 0 fully saturated rings. The van der Waals surface area contributed by atoms with Gasteiger partial charge in [-0.2, -0.15) is 0 Å². The topological polar surface area (TPSA) is 72.3 Å². The maximum absolute atomic E-state index is 9.40. The van der Waals surface area contributed by atoms with Crippen LogP contribution in [0, 0.1) is 0 Å². The first-order valence-electron chi connectivity index (χ1n) is 5.84. The molecule has 0 unspecified atom stereocenters. The molecular weight excluding hydrogens is 240 g/mol. The molecule has 0 amide bonds. The van der Waals surface area contributed by atoms with E-state index >= 15 is 0 Å². The Kier molecular flexibility index (Phi) is 2.68. The molecule has 0 saturated carbocycles. The van der Waals surface area contributed by atoms with Gasteiger partial charge in [-0.3, -0.25) is 0 Å². The van der Waals surface area contributed by atoms with Gasteiger partial charge in [0, 0.05) is 11.1 Å². The van der Waals surface area contributed by atoms with Crippen molar-refractivity contribution in [2.75, 3.05) is 5.73 Å². The standard InChI is InChI=1S/C15H12N2O2/c16-12-8-11(6-7-14(12)18)13-9-19-15(17-13)10-4-2-1-3-5-10/h1-9,18H,16H2. The second kappa shape index (κ2) is 4.49. The van der Waals surface area contributed by atoms with Crippen LogP contribution in [0.5, 0.6) is 5.75 Å². The molecule has 94 valence electrons. The molecule has 0 aliphatic rings. The van der Waals surface area contributed by atoms with Gasteiger partial charge in [0.05, 0.1) is 5.69 Å². The van der Waals surface area contributed by atoms with E-state index in [-0.39, 0.29) is 5.75 Å². The average molecular weight is 252 g/mol. The van der Waals surface area contributed by atoms with E-state index in [1.165, 1.54) is 0 Å². The summed E-state index contributed by atoms with van der Waals surface area (Å²) < 4.78 is 5.46. The van der Waals surface area contributed by atoms with Gasteiger partial charge in [-0.05, 0) is 30.3 Å². The number of nitrogens with zero attached hydrogens (tertiary/aromatic N) is 1. The number of rotatable bonds is 2. The molecule has 3 rings (SSSR count). The van der Waals surface area contributed by atoms with Gasteiger partial charge in [-0.1, -0.05) is 18.2 Å². The molecule has 0 aliphatic carbocycles. The number of phenolic OH excluding ortho intramolecular Hbond substituents is 1. The third-order valence-corrected chi connectivity index (χ3v) is 2.85. The SMILES string of the molecule is Nc1cc(-c2coc(-c3ccccc3)n2)ccc1O. The average Bonchev–Trinajstić information content (AvgIpc) is 2.93. The zero-order valence-corrected chi connectivity index (χ0v) is 10.1. The van der Waals surface area contributed by atoms with Crippen molar-refractivity contribution in [1.82, 2.24) is 4.98 Å². The summed E-state index contributed by atoms with van der Waals surface area (Å²) in [6.07, 6.45) is 1.58. The van der Waals surface area contributed by atoms with Gasteiger partial charge in [-0.25, -0.2) is 4.98 Å². The van der Waals surface area contributed by atoms with Crippen LogP contribution in [0.2, 0.25) is 0 Å². The first-order valence-corrected chi connectivity index (χ1v) is 5.84. The van der Waals surface area contributed by atoms with E-state index in [0.29, 0.717) is 17.3 Å². The lowest BCUT2D eigenvalue weighted by atomic mass is 10.1. The Balaban J connectivity index is 1.99. The number of oxazole rings is 1. The van der Waals surface area contributed by atoms with Gasteiger partial charge in [0.25, 0.3) is 0 Å². The predicted octanol–water partition coefficient (Wildman–Crippen LogP) is 3.30. The van der Waals surface area contributed by atoms with Gasteiger partial charge in [0.2, 0.25) is 5.89 Å². The van der Waals surface area contributed by atoms with Crippen molar-refractivity contribution in [2.24, 2.45) is 0 Å². The van der Waals surface area contributed by atoms with E-state index in [2.05, 4.69) is 4.98 Å². The molecule has 0 radical (unpaired) electrons. The zero-order valence-electron chi connectivity index (χ0n) is 10.1. The van der Waals surface area contributed by atoms with E-state index in [4.69, 9.17) is 10.2 Å². The molecule has 3 aromatic rings. The zero-order chi connectivity index (χ0) is 13.2. The summed E-state index contributed by atoms with van der Waals surface area (Å²) in [6.45, 7) is 0. The van der Waals surface area contributed by atoms with E-state index < -0.39 is 0 Å². The number of hydrogen-bond acceptors (Lipinski definition) is 4. The molecule has 0 atom stereocenters. The second-order valence-electron chi connectivity index (χ2n) is 4.18. The molecule has 2 aromatic carbocycles. The van der Waals surface area contributed by atoms with Crippen molar-refractivity contribution in [2.45, 2.75) is 0 Å². The quantitative estimate of drug-likeness (QED) is 0.542. The third-order valence-electron chi connectivity index (χ3n) is 2.85. The van der Waals surface area contributed by atoms with Crippen LogP contribution >= 0.6 is 0 Å². The minimum atomic E-state index is 0.0653. The Morgan fingerprint density at radius 3 is 2.53 bits per heavy atom. The van der Waals surface area contributed by atoms with Crippen molar-refractivity contribution >= 4 is 5.69 Å². The monoisotopic (exact) mass is 252 g/mol. The maximum atomic E-state index is 9.40. The van der Waals surface area contributed by atoms with Crippen LogP contribution in [0.4, 0.5) is 5.69 Å². The molecule has 1 heterocycles. The van der Waals surface area contributed by atoms with Crippen LogP contribution in [-0.2, 0) is 0 Å². The number of phenols is 1. The van der Waals surface area contributed by atoms with Gasteiger partial charge in [-0.15, -0.1) is 0 Å². The fourth-order valence-corrected chi connectivity index (χ4v) is 1.83. The highest BCUT2D eigenvalue weighted by molar-refractivity contribution is 5.69. The number of aromatic hydroxyl groups is 1. The summed E-state index contributed by atoms with van der Waals surface area (Å²) in [7, 11) is 0. The summed E-state index contributed by atoms with van der Waals surface area (Å²) in [5.74, 6) is 0.623. The Bertz CT molecular complexity index is 705. The Morgan fingerprint density at radius 2 is 1.79 bits per heavy atom. The Hall–Kier alpha value is -2.75. The number of anilines is 1. The van der Waals surface area contributed by atoms with Crippen LogP contribution in [0.3, 0.4) is 0 Å². The fourth-order valence-electron chi connectivity index (χ4n) is 1.83.